The molecule has 1 heterocycles. The van der Waals surface area contributed by atoms with Gasteiger partial charge in [-0.05, 0) is 55.7 Å². The van der Waals surface area contributed by atoms with Crippen molar-refractivity contribution >= 4 is 23.4 Å². The van der Waals surface area contributed by atoms with E-state index in [0.29, 0.717) is 27.9 Å². The Bertz CT molecular complexity index is 1160. The maximum absolute atomic E-state index is 13.8. The number of aromatic nitrogens is 3. The molecule has 1 fully saturated rings. The number of nitrogens with zero attached hydrogens (tertiary/aromatic N) is 3. The summed E-state index contributed by atoms with van der Waals surface area (Å²) in [5.41, 5.74) is 1.85. The molecule has 0 unspecified atom stereocenters. The SMILES string of the molecule is COc1ccc(-c2nnc(SCC(=O)Nc3ccc(C)c(F)c3)n2C2CCCCC2)cc1OC. The van der Waals surface area contributed by atoms with Crippen molar-refractivity contribution in [2.24, 2.45) is 0 Å². The predicted molar refractivity (Wildman–Crippen MR) is 131 cm³/mol. The molecule has 4 rings (SSSR count). The van der Waals surface area contributed by atoms with Crippen LogP contribution in [0, 0.1) is 12.7 Å². The first kappa shape index (κ1) is 24.1. The van der Waals surface area contributed by atoms with Gasteiger partial charge in [0, 0.05) is 17.3 Å². The first-order chi connectivity index (χ1) is 16.5. The van der Waals surface area contributed by atoms with Gasteiger partial charge < -0.3 is 14.8 Å². The minimum atomic E-state index is -0.345. The third-order valence-corrected chi connectivity index (χ3v) is 6.98. The lowest BCUT2D eigenvalue weighted by atomic mass is 9.95. The topological polar surface area (TPSA) is 78.3 Å². The summed E-state index contributed by atoms with van der Waals surface area (Å²) in [4.78, 5) is 12.6. The number of hydrogen-bond donors (Lipinski definition) is 1. The molecule has 0 bridgehead atoms. The molecule has 0 spiro atoms. The number of carbonyl (C=O) groups is 1. The summed E-state index contributed by atoms with van der Waals surface area (Å²) in [6, 6.07) is 10.6. The zero-order chi connectivity index (χ0) is 24.1. The van der Waals surface area contributed by atoms with Crippen LogP contribution >= 0.6 is 11.8 Å². The highest BCUT2D eigenvalue weighted by atomic mass is 32.2. The Labute approximate surface area is 203 Å². The molecule has 34 heavy (non-hydrogen) atoms. The first-order valence-electron chi connectivity index (χ1n) is 11.4. The Morgan fingerprint density at radius 1 is 1.09 bits per heavy atom. The van der Waals surface area contributed by atoms with Gasteiger partial charge >= 0.3 is 0 Å². The fourth-order valence-electron chi connectivity index (χ4n) is 4.21. The normalized spacial score (nSPS) is 14.1. The van der Waals surface area contributed by atoms with E-state index in [4.69, 9.17) is 9.47 Å². The van der Waals surface area contributed by atoms with E-state index in [1.807, 2.05) is 18.2 Å². The van der Waals surface area contributed by atoms with E-state index in [2.05, 4.69) is 20.1 Å². The Balaban J connectivity index is 1.57. The number of benzene rings is 2. The number of hydrogen-bond acceptors (Lipinski definition) is 6. The Kier molecular flexibility index (Phi) is 7.72. The van der Waals surface area contributed by atoms with Gasteiger partial charge in [-0.25, -0.2) is 4.39 Å². The molecule has 9 heteroatoms. The highest BCUT2D eigenvalue weighted by Crippen LogP contribution is 2.38. The molecule has 0 atom stereocenters. The molecule has 1 aromatic heterocycles. The lowest BCUT2D eigenvalue weighted by molar-refractivity contribution is -0.113. The van der Waals surface area contributed by atoms with Gasteiger partial charge in [0.15, 0.2) is 22.5 Å². The summed E-state index contributed by atoms with van der Waals surface area (Å²) in [5, 5.41) is 12.4. The number of halogens is 1. The number of aryl methyl sites for hydroxylation is 1. The van der Waals surface area contributed by atoms with Crippen LogP contribution in [0.15, 0.2) is 41.6 Å². The predicted octanol–water partition coefficient (Wildman–Crippen LogP) is 5.65. The highest BCUT2D eigenvalue weighted by molar-refractivity contribution is 7.99. The summed E-state index contributed by atoms with van der Waals surface area (Å²) in [6.45, 7) is 1.69. The monoisotopic (exact) mass is 484 g/mol. The van der Waals surface area contributed by atoms with Crippen LogP contribution in [0.2, 0.25) is 0 Å². The van der Waals surface area contributed by atoms with E-state index in [-0.39, 0.29) is 23.5 Å². The number of ether oxygens (including phenoxy) is 2. The summed E-state index contributed by atoms with van der Waals surface area (Å²) >= 11 is 1.34. The van der Waals surface area contributed by atoms with Crippen molar-refractivity contribution in [1.82, 2.24) is 14.8 Å². The third kappa shape index (κ3) is 5.35. The minimum Gasteiger partial charge on any atom is -0.493 e. The van der Waals surface area contributed by atoms with Gasteiger partial charge in [0.25, 0.3) is 0 Å². The van der Waals surface area contributed by atoms with Crippen LogP contribution in [0.25, 0.3) is 11.4 Å². The second-order valence-electron chi connectivity index (χ2n) is 8.34. The molecule has 180 valence electrons. The first-order valence-corrected chi connectivity index (χ1v) is 12.3. The standard InChI is InChI=1S/C25H29FN4O3S/c1-16-9-11-18(14-20(16)26)27-23(31)15-34-25-29-28-24(30(25)19-7-5-4-6-8-19)17-10-12-21(32-2)22(13-17)33-3/h9-14,19H,4-8,15H2,1-3H3,(H,27,31). The van der Waals surface area contributed by atoms with Crippen molar-refractivity contribution in [3.05, 3.63) is 47.8 Å². The molecule has 0 radical (unpaired) electrons. The zero-order valence-electron chi connectivity index (χ0n) is 19.6. The average molecular weight is 485 g/mol. The molecule has 0 saturated heterocycles. The van der Waals surface area contributed by atoms with Gasteiger partial charge in [0.2, 0.25) is 5.91 Å². The molecule has 7 nitrogen and oxygen atoms in total. The number of amides is 1. The Morgan fingerprint density at radius 2 is 1.85 bits per heavy atom. The van der Waals surface area contributed by atoms with Crippen molar-refractivity contribution in [3.63, 3.8) is 0 Å². The molecule has 1 N–H and O–H groups in total. The number of thioether (sulfide) groups is 1. The largest absolute Gasteiger partial charge is 0.493 e. The van der Waals surface area contributed by atoms with Crippen molar-refractivity contribution in [2.75, 3.05) is 25.3 Å². The lowest BCUT2D eigenvalue weighted by Gasteiger charge is -2.25. The maximum atomic E-state index is 13.8. The Morgan fingerprint density at radius 3 is 2.56 bits per heavy atom. The minimum absolute atomic E-state index is 0.145. The second kappa shape index (κ2) is 10.9. The van der Waals surface area contributed by atoms with Crippen molar-refractivity contribution in [2.45, 2.75) is 50.2 Å². The maximum Gasteiger partial charge on any atom is 0.234 e. The molecule has 1 aliphatic carbocycles. The molecule has 1 amide bonds. The van der Waals surface area contributed by atoms with Crippen LogP contribution in [0.5, 0.6) is 11.5 Å². The molecule has 3 aromatic rings. The summed E-state index contributed by atoms with van der Waals surface area (Å²) in [7, 11) is 3.21. The molecule has 1 aliphatic rings. The van der Waals surface area contributed by atoms with Gasteiger partial charge in [-0.3, -0.25) is 9.36 Å². The number of carbonyl (C=O) groups excluding carboxylic acids is 1. The van der Waals surface area contributed by atoms with E-state index >= 15 is 0 Å². The summed E-state index contributed by atoms with van der Waals surface area (Å²) in [5.74, 6) is 1.59. The highest BCUT2D eigenvalue weighted by Gasteiger charge is 2.25. The van der Waals surface area contributed by atoms with E-state index in [0.717, 1.165) is 37.1 Å². The van der Waals surface area contributed by atoms with Gasteiger partial charge in [0.1, 0.15) is 5.82 Å². The van der Waals surface area contributed by atoms with E-state index in [1.165, 1.54) is 24.2 Å². The summed E-state index contributed by atoms with van der Waals surface area (Å²) in [6.07, 6.45) is 5.61. The number of rotatable bonds is 8. The van der Waals surface area contributed by atoms with Crippen molar-refractivity contribution in [3.8, 4) is 22.9 Å². The summed E-state index contributed by atoms with van der Waals surface area (Å²) < 4.78 is 26.8. The van der Waals surface area contributed by atoms with E-state index < -0.39 is 0 Å². The zero-order valence-corrected chi connectivity index (χ0v) is 20.5. The Hall–Kier alpha value is -3.07. The van der Waals surface area contributed by atoms with Gasteiger partial charge in [0.05, 0.1) is 20.0 Å². The molecular formula is C25H29FN4O3S. The average Bonchev–Trinajstić information content (AvgIpc) is 3.29. The fraction of sp³-hybridized carbons (Fsp3) is 0.400. The molecule has 2 aromatic carbocycles. The van der Waals surface area contributed by atoms with Crippen LogP contribution in [-0.4, -0.2) is 40.6 Å². The van der Waals surface area contributed by atoms with Crippen LogP contribution in [-0.2, 0) is 4.79 Å². The third-order valence-electron chi connectivity index (χ3n) is 6.03. The number of nitrogens with one attached hydrogen (secondary N) is 1. The molecule has 1 saturated carbocycles. The van der Waals surface area contributed by atoms with E-state index in [9.17, 15) is 9.18 Å². The van der Waals surface area contributed by atoms with E-state index in [1.54, 1.807) is 33.3 Å². The van der Waals surface area contributed by atoms with Crippen LogP contribution in [0.4, 0.5) is 10.1 Å². The van der Waals surface area contributed by atoms with Crippen LogP contribution < -0.4 is 14.8 Å². The van der Waals surface area contributed by atoms with Gasteiger partial charge in [-0.2, -0.15) is 0 Å². The van der Waals surface area contributed by atoms with Gasteiger partial charge in [-0.1, -0.05) is 37.1 Å². The van der Waals surface area contributed by atoms with Crippen LogP contribution in [0.1, 0.15) is 43.7 Å². The number of methoxy groups -OCH3 is 2. The quantitative estimate of drug-likeness (QED) is 0.417. The van der Waals surface area contributed by atoms with Crippen molar-refractivity contribution in [1.29, 1.82) is 0 Å². The van der Waals surface area contributed by atoms with Crippen molar-refractivity contribution < 1.29 is 18.7 Å². The fourth-order valence-corrected chi connectivity index (χ4v) is 5.02. The molecular weight excluding hydrogens is 455 g/mol. The lowest BCUT2D eigenvalue weighted by Crippen LogP contribution is -2.17. The van der Waals surface area contributed by atoms with Gasteiger partial charge in [-0.15, -0.1) is 10.2 Å². The van der Waals surface area contributed by atoms with Crippen LogP contribution in [0.3, 0.4) is 0 Å². The second-order valence-corrected chi connectivity index (χ2v) is 9.28. The number of anilines is 1. The molecule has 0 aliphatic heterocycles. The smallest absolute Gasteiger partial charge is 0.234 e.